The lowest BCUT2D eigenvalue weighted by Crippen LogP contribution is -2.00. The first kappa shape index (κ1) is 14.3. The summed E-state index contributed by atoms with van der Waals surface area (Å²) >= 11 is 0. The molecule has 0 saturated heterocycles. The van der Waals surface area contributed by atoms with Crippen molar-refractivity contribution in [2.75, 3.05) is 5.43 Å². The Morgan fingerprint density at radius 2 is 2.00 bits per heavy atom. The van der Waals surface area contributed by atoms with E-state index < -0.39 is 0 Å². The largest absolute Gasteiger partial charge is 0.327 e. The number of hydrogen-bond donors (Lipinski definition) is 1. The van der Waals surface area contributed by atoms with Crippen LogP contribution >= 0.6 is 0 Å². The Hall–Kier alpha value is -3.35. The minimum absolute atomic E-state index is 0.279. The normalized spacial score (nSPS) is 11.6. The van der Waals surface area contributed by atoms with Gasteiger partial charge >= 0.3 is 0 Å². The van der Waals surface area contributed by atoms with Crippen molar-refractivity contribution >= 4 is 34.2 Å². The van der Waals surface area contributed by atoms with Gasteiger partial charge in [0, 0.05) is 12.4 Å². The Morgan fingerprint density at radius 3 is 2.88 bits per heavy atom. The van der Waals surface area contributed by atoms with Gasteiger partial charge < -0.3 is 4.57 Å². The predicted octanol–water partition coefficient (Wildman–Crippen LogP) is 3.10. The second-order valence-corrected chi connectivity index (χ2v) is 5.31. The molecule has 0 fully saturated rings. The third-order valence-electron chi connectivity index (χ3n) is 3.73. The van der Waals surface area contributed by atoms with Crippen molar-refractivity contribution in [3.05, 3.63) is 59.9 Å². The van der Waals surface area contributed by atoms with Crippen molar-refractivity contribution in [3.63, 3.8) is 0 Å². The molecule has 7 heteroatoms. The number of hydrogen-bond acceptors (Lipinski definition) is 5. The molecule has 2 heterocycles. The van der Waals surface area contributed by atoms with Gasteiger partial charge in [0.25, 0.3) is 5.95 Å². The van der Waals surface area contributed by atoms with Gasteiger partial charge in [0.1, 0.15) is 11.3 Å². The molecular weight excluding hydrogens is 307 g/mol. The average molecular weight is 320 g/mol. The van der Waals surface area contributed by atoms with E-state index >= 15 is 0 Å². The summed E-state index contributed by atoms with van der Waals surface area (Å²) in [5, 5.41) is 13.3. The van der Waals surface area contributed by atoms with Gasteiger partial charge in [-0.1, -0.05) is 30.3 Å². The fourth-order valence-electron chi connectivity index (χ4n) is 2.61. The topological polar surface area (TPSA) is 68.0 Å². The van der Waals surface area contributed by atoms with E-state index in [1.54, 1.807) is 12.1 Å². The second kappa shape index (κ2) is 5.69. The third kappa shape index (κ3) is 2.45. The predicted molar refractivity (Wildman–Crippen MR) is 91.4 cm³/mol. The molecule has 2 aromatic heterocycles. The molecule has 118 valence electrons. The lowest BCUT2D eigenvalue weighted by Gasteiger charge is -1.99. The molecule has 0 unspecified atom stereocenters. The van der Waals surface area contributed by atoms with E-state index in [4.69, 9.17) is 0 Å². The van der Waals surface area contributed by atoms with Crippen molar-refractivity contribution in [2.24, 2.45) is 12.1 Å². The molecule has 0 aliphatic rings. The van der Waals surface area contributed by atoms with Crippen molar-refractivity contribution in [2.45, 2.75) is 0 Å². The highest BCUT2D eigenvalue weighted by Gasteiger charge is 2.11. The van der Waals surface area contributed by atoms with Crippen LogP contribution < -0.4 is 5.43 Å². The maximum absolute atomic E-state index is 13.1. The molecule has 6 nitrogen and oxygen atoms in total. The van der Waals surface area contributed by atoms with E-state index in [1.165, 1.54) is 18.3 Å². The van der Waals surface area contributed by atoms with Gasteiger partial charge in [-0.2, -0.15) is 10.1 Å². The maximum atomic E-state index is 13.1. The molecule has 0 saturated carbocycles. The molecule has 0 bridgehead atoms. The molecule has 0 aliphatic carbocycles. The first-order valence-corrected chi connectivity index (χ1v) is 7.35. The Kier molecular flexibility index (Phi) is 3.38. The molecule has 4 rings (SSSR count). The molecule has 0 atom stereocenters. The van der Waals surface area contributed by atoms with E-state index in [-0.39, 0.29) is 11.8 Å². The number of rotatable bonds is 3. The zero-order valence-electron chi connectivity index (χ0n) is 12.8. The van der Waals surface area contributed by atoms with Crippen molar-refractivity contribution in [1.82, 2.24) is 19.7 Å². The first-order valence-electron chi connectivity index (χ1n) is 7.35. The van der Waals surface area contributed by atoms with Crippen LogP contribution in [-0.2, 0) is 7.05 Å². The number of hydrazone groups is 1. The number of aryl methyl sites for hydroxylation is 1. The van der Waals surface area contributed by atoms with E-state index in [2.05, 4.69) is 25.7 Å². The number of halogens is 1. The summed E-state index contributed by atoms with van der Waals surface area (Å²) in [6.45, 7) is 0. The lowest BCUT2D eigenvalue weighted by molar-refractivity contribution is 0.627. The summed E-state index contributed by atoms with van der Waals surface area (Å²) in [5.74, 6) is -0.0326. The summed E-state index contributed by atoms with van der Waals surface area (Å²) < 4.78 is 15.1. The SMILES string of the molecule is Cn1c2ccccc2c2nnc(N/N=C/c3cccc(F)c3)nc21. The molecule has 0 radical (unpaired) electrons. The quantitative estimate of drug-likeness (QED) is 0.465. The summed E-state index contributed by atoms with van der Waals surface area (Å²) in [6, 6.07) is 14.1. The number of benzene rings is 2. The van der Waals surface area contributed by atoms with Gasteiger partial charge in [-0.3, -0.25) is 0 Å². The number of aromatic nitrogens is 4. The van der Waals surface area contributed by atoms with Crippen LogP contribution in [0.3, 0.4) is 0 Å². The number of fused-ring (bicyclic) bond motifs is 3. The van der Waals surface area contributed by atoms with Crippen LogP contribution in [0.15, 0.2) is 53.6 Å². The van der Waals surface area contributed by atoms with E-state index in [0.29, 0.717) is 5.56 Å². The lowest BCUT2D eigenvalue weighted by atomic mass is 10.2. The van der Waals surface area contributed by atoms with Gasteiger partial charge in [-0.15, -0.1) is 10.2 Å². The van der Waals surface area contributed by atoms with Crippen LogP contribution in [0.2, 0.25) is 0 Å². The van der Waals surface area contributed by atoms with Crippen LogP contribution in [0.25, 0.3) is 22.1 Å². The number of para-hydroxylation sites is 1. The van der Waals surface area contributed by atoms with Gasteiger partial charge in [-0.25, -0.2) is 9.82 Å². The maximum Gasteiger partial charge on any atom is 0.265 e. The number of nitrogens with zero attached hydrogens (tertiary/aromatic N) is 5. The Labute approximate surface area is 136 Å². The van der Waals surface area contributed by atoms with Gasteiger partial charge in [0.15, 0.2) is 5.65 Å². The van der Waals surface area contributed by atoms with E-state index in [1.807, 2.05) is 35.9 Å². The standard InChI is InChI=1S/C17H13FN6/c1-24-14-8-3-2-7-13(14)15-16(24)20-17(23-21-15)22-19-10-11-5-4-6-12(18)9-11/h2-10H,1H3,(H,20,22,23)/b19-10+. The molecular formula is C17H13FN6. The third-order valence-corrected chi connectivity index (χ3v) is 3.73. The highest BCUT2D eigenvalue weighted by atomic mass is 19.1. The van der Waals surface area contributed by atoms with Crippen LogP contribution in [-0.4, -0.2) is 26.0 Å². The molecule has 24 heavy (non-hydrogen) atoms. The summed E-state index contributed by atoms with van der Waals surface area (Å²) in [5.41, 5.74) is 5.86. The molecule has 0 aliphatic heterocycles. The monoisotopic (exact) mass is 320 g/mol. The molecule has 2 aromatic carbocycles. The zero-order valence-corrected chi connectivity index (χ0v) is 12.8. The van der Waals surface area contributed by atoms with Crippen molar-refractivity contribution in [3.8, 4) is 0 Å². The minimum Gasteiger partial charge on any atom is -0.327 e. The van der Waals surface area contributed by atoms with Gasteiger partial charge in [-0.05, 0) is 23.8 Å². The number of anilines is 1. The Balaban J connectivity index is 1.66. The number of nitrogens with one attached hydrogen (secondary N) is 1. The van der Waals surface area contributed by atoms with Crippen LogP contribution in [0.4, 0.5) is 10.3 Å². The smallest absolute Gasteiger partial charge is 0.265 e. The Morgan fingerprint density at radius 1 is 1.12 bits per heavy atom. The van der Waals surface area contributed by atoms with E-state index in [0.717, 1.165) is 22.1 Å². The first-order chi connectivity index (χ1) is 11.7. The fraction of sp³-hybridized carbons (Fsp3) is 0.0588. The van der Waals surface area contributed by atoms with Crippen molar-refractivity contribution in [1.29, 1.82) is 0 Å². The van der Waals surface area contributed by atoms with Crippen molar-refractivity contribution < 1.29 is 4.39 Å². The molecule has 0 amide bonds. The minimum atomic E-state index is -0.311. The van der Waals surface area contributed by atoms with Crippen LogP contribution in [0.1, 0.15) is 5.56 Å². The summed E-state index contributed by atoms with van der Waals surface area (Å²) in [7, 11) is 1.93. The van der Waals surface area contributed by atoms with Gasteiger partial charge in [0.2, 0.25) is 0 Å². The van der Waals surface area contributed by atoms with Crippen LogP contribution in [0.5, 0.6) is 0 Å². The molecule has 0 spiro atoms. The molecule has 1 N–H and O–H groups in total. The Bertz CT molecular complexity index is 1070. The van der Waals surface area contributed by atoms with Gasteiger partial charge in [0.05, 0.1) is 11.7 Å². The molecule has 4 aromatic rings. The highest BCUT2D eigenvalue weighted by molar-refractivity contribution is 6.04. The average Bonchev–Trinajstić information content (AvgIpc) is 2.88. The zero-order chi connectivity index (χ0) is 16.5. The van der Waals surface area contributed by atoms with Crippen LogP contribution in [0, 0.1) is 5.82 Å². The summed E-state index contributed by atoms with van der Waals surface area (Å²) in [6.07, 6.45) is 1.50. The summed E-state index contributed by atoms with van der Waals surface area (Å²) in [4.78, 5) is 4.45. The highest BCUT2D eigenvalue weighted by Crippen LogP contribution is 2.24. The fourth-order valence-corrected chi connectivity index (χ4v) is 2.61. The van der Waals surface area contributed by atoms with E-state index in [9.17, 15) is 4.39 Å². The second-order valence-electron chi connectivity index (χ2n) is 5.31.